The molecule has 1 aromatic heterocycles. The first-order chi connectivity index (χ1) is 13.6. The predicted octanol–water partition coefficient (Wildman–Crippen LogP) is 5.49. The molecule has 0 unspecified atom stereocenters. The Morgan fingerprint density at radius 3 is 2.39 bits per heavy atom. The van der Waals surface area contributed by atoms with Gasteiger partial charge < -0.3 is 14.5 Å². The third-order valence-electron chi connectivity index (χ3n) is 4.08. The molecule has 0 fully saturated rings. The molecule has 6 heteroatoms. The van der Waals surface area contributed by atoms with Crippen molar-refractivity contribution in [3.05, 3.63) is 99.9 Å². The number of halogens is 1. The number of anilines is 1. The van der Waals surface area contributed by atoms with Crippen LogP contribution in [0.5, 0.6) is 11.5 Å². The molecule has 138 valence electrons. The van der Waals surface area contributed by atoms with Crippen LogP contribution >= 0.6 is 11.6 Å². The van der Waals surface area contributed by atoms with E-state index in [0.717, 1.165) is 0 Å². The van der Waals surface area contributed by atoms with Crippen LogP contribution in [-0.2, 0) is 0 Å². The van der Waals surface area contributed by atoms with Crippen LogP contribution in [0.4, 0.5) is 5.69 Å². The highest BCUT2D eigenvalue weighted by Gasteiger charge is 2.16. The molecule has 0 aliphatic heterocycles. The van der Waals surface area contributed by atoms with Gasteiger partial charge >= 0.3 is 5.63 Å². The quantitative estimate of drug-likeness (QED) is 0.467. The average molecular weight is 392 g/mol. The molecule has 0 saturated heterocycles. The lowest BCUT2D eigenvalue weighted by Gasteiger charge is -2.13. The minimum Gasteiger partial charge on any atom is -0.454 e. The summed E-state index contributed by atoms with van der Waals surface area (Å²) in [4.78, 5) is 24.9. The number of carbonyl (C=O) groups excluding carboxylic acids is 1. The van der Waals surface area contributed by atoms with Gasteiger partial charge in [0.25, 0.3) is 5.91 Å². The van der Waals surface area contributed by atoms with Gasteiger partial charge in [0.1, 0.15) is 16.9 Å². The van der Waals surface area contributed by atoms with Crippen molar-refractivity contribution in [2.45, 2.75) is 0 Å². The van der Waals surface area contributed by atoms with E-state index in [-0.39, 0.29) is 5.56 Å². The number of ether oxygens (including phenoxy) is 1. The van der Waals surface area contributed by atoms with Crippen molar-refractivity contribution < 1.29 is 13.9 Å². The monoisotopic (exact) mass is 391 g/mol. The molecule has 5 nitrogen and oxygen atoms in total. The maximum absolute atomic E-state index is 12.7. The second-order valence-electron chi connectivity index (χ2n) is 5.97. The van der Waals surface area contributed by atoms with Crippen molar-refractivity contribution >= 4 is 34.2 Å². The molecule has 0 aliphatic rings. The van der Waals surface area contributed by atoms with Crippen molar-refractivity contribution in [1.29, 1.82) is 0 Å². The van der Waals surface area contributed by atoms with Crippen molar-refractivity contribution in [2.75, 3.05) is 5.32 Å². The Balaban J connectivity index is 1.65. The van der Waals surface area contributed by atoms with E-state index < -0.39 is 11.5 Å². The summed E-state index contributed by atoms with van der Waals surface area (Å²) in [6, 6.07) is 22.4. The lowest BCUT2D eigenvalue weighted by Crippen LogP contribution is -2.20. The average Bonchev–Trinajstić information content (AvgIpc) is 2.70. The van der Waals surface area contributed by atoms with Gasteiger partial charge in [0.15, 0.2) is 5.75 Å². The van der Waals surface area contributed by atoms with Crippen LogP contribution in [0.2, 0.25) is 5.02 Å². The number of hydrogen-bond donors (Lipinski definition) is 1. The van der Waals surface area contributed by atoms with Gasteiger partial charge in [0.05, 0.1) is 10.7 Å². The first-order valence-electron chi connectivity index (χ1n) is 8.47. The van der Waals surface area contributed by atoms with Gasteiger partial charge in [-0.05, 0) is 36.4 Å². The Hall–Kier alpha value is -3.57. The zero-order chi connectivity index (χ0) is 19.5. The van der Waals surface area contributed by atoms with Gasteiger partial charge in [-0.3, -0.25) is 4.79 Å². The van der Waals surface area contributed by atoms with Crippen LogP contribution in [0.15, 0.2) is 88.1 Å². The highest BCUT2D eigenvalue weighted by atomic mass is 35.5. The van der Waals surface area contributed by atoms with Gasteiger partial charge in [-0.2, -0.15) is 0 Å². The molecule has 0 bridgehead atoms. The van der Waals surface area contributed by atoms with E-state index in [1.165, 1.54) is 6.07 Å². The second kappa shape index (κ2) is 7.58. The number of hydrogen-bond acceptors (Lipinski definition) is 4. The van der Waals surface area contributed by atoms with E-state index in [1.807, 2.05) is 0 Å². The molecular formula is C22H14ClNO4. The molecule has 4 aromatic rings. The van der Waals surface area contributed by atoms with E-state index in [0.29, 0.717) is 33.2 Å². The van der Waals surface area contributed by atoms with Crippen molar-refractivity contribution in [3.8, 4) is 11.5 Å². The summed E-state index contributed by atoms with van der Waals surface area (Å²) in [7, 11) is 0. The summed E-state index contributed by atoms with van der Waals surface area (Å²) < 4.78 is 11.1. The van der Waals surface area contributed by atoms with Crippen LogP contribution in [0.1, 0.15) is 10.4 Å². The van der Waals surface area contributed by atoms with Gasteiger partial charge in [-0.1, -0.05) is 54.1 Å². The minimum atomic E-state index is -0.708. The Morgan fingerprint density at radius 1 is 0.893 bits per heavy atom. The molecule has 3 aromatic carbocycles. The zero-order valence-corrected chi connectivity index (χ0v) is 15.3. The summed E-state index contributed by atoms with van der Waals surface area (Å²) in [5.74, 6) is 0.264. The molecule has 1 heterocycles. The number of carbonyl (C=O) groups is 1. The maximum Gasteiger partial charge on any atom is 0.349 e. The number of amides is 1. The molecule has 28 heavy (non-hydrogen) atoms. The Morgan fingerprint density at radius 2 is 1.57 bits per heavy atom. The van der Waals surface area contributed by atoms with Crippen molar-refractivity contribution in [3.63, 3.8) is 0 Å². The van der Waals surface area contributed by atoms with Crippen molar-refractivity contribution in [1.82, 2.24) is 0 Å². The summed E-state index contributed by atoms with van der Waals surface area (Å²) in [6.45, 7) is 0. The van der Waals surface area contributed by atoms with E-state index >= 15 is 0 Å². The van der Waals surface area contributed by atoms with Crippen LogP contribution in [-0.4, -0.2) is 5.91 Å². The van der Waals surface area contributed by atoms with E-state index in [1.54, 1.807) is 72.8 Å². The largest absolute Gasteiger partial charge is 0.454 e. The standard InChI is InChI=1S/C22H14ClNO4/c23-16-8-2-5-11-19(16)27-20-12-6-3-9-17(20)24-21(25)15-13-14-7-1-4-10-18(14)28-22(15)26/h1-13H,(H,24,25). The molecule has 0 spiro atoms. The van der Waals surface area contributed by atoms with Crippen LogP contribution in [0, 0.1) is 0 Å². The van der Waals surface area contributed by atoms with Gasteiger partial charge in [0.2, 0.25) is 0 Å². The molecule has 0 saturated carbocycles. The summed E-state index contributed by atoms with van der Waals surface area (Å²) in [5, 5.41) is 3.81. The van der Waals surface area contributed by atoms with Crippen molar-refractivity contribution in [2.24, 2.45) is 0 Å². The smallest absolute Gasteiger partial charge is 0.349 e. The topological polar surface area (TPSA) is 68.5 Å². The molecule has 1 amide bonds. The fraction of sp³-hybridized carbons (Fsp3) is 0. The van der Waals surface area contributed by atoms with Gasteiger partial charge in [-0.25, -0.2) is 4.79 Å². The van der Waals surface area contributed by atoms with Crippen LogP contribution in [0.3, 0.4) is 0 Å². The number of fused-ring (bicyclic) bond motifs is 1. The lowest BCUT2D eigenvalue weighted by atomic mass is 10.1. The molecular weight excluding hydrogens is 378 g/mol. The first kappa shape index (κ1) is 17.8. The summed E-state index contributed by atoms with van der Waals surface area (Å²) in [5.41, 5.74) is 0.0263. The normalized spacial score (nSPS) is 10.6. The maximum atomic E-state index is 12.7. The van der Waals surface area contributed by atoms with Gasteiger partial charge in [0, 0.05) is 5.39 Å². The highest BCUT2D eigenvalue weighted by Crippen LogP contribution is 2.33. The molecule has 0 radical (unpaired) electrons. The first-order valence-corrected chi connectivity index (χ1v) is 8.85. The summed E-state index contributed by atoms with van der Waals surface area (Å²) in [6.07, 6.45) is 0. The lowest BCUT2D eigenvalue weighted by molar-refractivity contribution is 0.102. The Bertz CT molecular complexity index is 1230. The molecule has 1 N–H and O–H groups in total. The number of rotatable bonds is 4. The zero-order valence-electron chi connectivity index (χ0n) is 14.5. The van der Waals surface area contributed by atoms with E-state index in [2.05, 4.69) is 5.32 Å². The highest BCUT2D eigenvalue weighted by molar-refractivity contribution is 6.32. The fourth-order valence-corrected chi connectivity index (χ4v) is 2.89. The number of nitrogens with one attached hydrogen (secondary N) is 1. The fourth-order valence-electron chi connectivity index (χ4n) is 2.71. The third kappa shape index (κ3) is 3.61. The van der Waals surface area contributed by atoms with Crippen LogP contribution in [0.25, 0.3) is 11.0 Å². The molecule has 0 atom stereocenters. The minimum absolute atomic E-state index is 0.0914. The Labute approximate surface area is 165 Å². The Kier molecular flexibility index (Phi) is 4.83. The molecule has 0 aliphatic carbocycles. The van der Waals surface area contributed by atoms with E-state index in [9.17, 15) is 9.59 Å². The number of para-hydroxylation sites is 4. The summed E-state index contributed by atoms with van der Waals surface area (Å²) >= 11 is 6.14. The third-order valence-corrected chi connectivity index (χ3v) is 4.39. The molecule has 4 rings (SSSR count). The predicted molar refractivity (Wildman–Crippen MR) is 108 cm³/mol. The SMILES string of the molecule is O=C(Nc1ccccc1Oc1ccccc1Cl)c1cc2ccccc2oc1=O. The van der Waals surface area contributed by atoms with E-state index in [4.69, 9.17) is 20.8 Å². The van der Waals surface area contributed by atoms with Crippen LogP contribution < -0.4 is 15.7 Å². The number of benzene rings is 3. The second-order valence-corrected chi connectivity index (χ2v) is 6.38. The van der Waals surface area contributed by atoms with Gasteiger partial charge in [-0.15, -0.1) is 0 Å².